The molecular formula is C57H76N8O7S. The maximum Gasteiger partial charge on any atom is 0.246 e. The highest BCUT2D eigenvalue weighted by Crippen LogP contribution is 2.33. The monoisotopic (exact) mass is 1020 g/mol. The van der Waals surface area contributed by atoms with Gasteiger partial charge in [-0.3, -0.25) is 19.2 Å². The van der Waals surface area contributed by atoms with E-state index in [1.807, 2.05) is 102 Å². The number of likely N-dealkylation sites (tertiary alicyclic amines) is 1. The molecule has 3 heterocycles. The summed E-state index contributed by atoms with van der Waals surface area (Å²) in [4.78, 5) is 63.0. The Hall–Kier alpha value is -6.39. The van der Waals surface area contributed by atoms with Crippen LogP contribution in [0.1, 0.15) is 140 Å². The van der Waals surface area contributed by atoms with Gasteiger partial charge >= 0.3 is 0 Å². The van der Waals surface area contributed by atoms with E-state index in [0.29, 0.717) is 42.8 Å². The number of aliphatic hydroxyl groups is 1. The molecule has 1 unspecified atom stereocenters. The standard InChI is InChI=1S/C57H76N8O7S/c1-38(40-28-30-42(31-29-40)52-39(2)59-37-73-52)60-55(70)47-32-44(66)35-65(47)56(71)53(57(3,4)5)61-50(68)26-18-13-11-9-7-8-10-12-14-19-27-51(69)64(6)34-43(41-22-16-15-17-23-41)36-72-49-33-46(62-63-54(49)58)45-24-20-21-25-48(45)67/h15-17,20-25,28-31,33,37-38,43-44,47,53,66-67H,7-14,18-19,26-27,32,34-36H2,1-6H3,(H2,58,63)(H,60,70)(H,61,68)/t38-,43?,44+,47-,53+/m0/s1. The van der Waals surface area contributed by atoms with Crippen LogP contribution >= 0.6 is 11.3 Å². The van der Waals surface area contributed by atoms with Crippen molar-refractivity contribution in [3.63, 3.8) is 0 Å². The number of β-amino-alcohol motifs (C(OH)–C–C–N with tert-alkyl or cyclic N) is 1. The van der Waals surface area contributed by atoms with Gasteiger partial charge in [0.15, 0.2) is 11.6 Å². The predicted octanol–water partition coefficient (Wildman–Crippen LogP) is 9.54. The fraction of sp³-hybridized carbons (Fsp3) is 0.491. The number of carbonyl (C=O) groups excluding carboxylic acids is 4. The molecule has 73 heavy (non-hydrogen) atoms. The van der Waals surface area contributed by atoms with E-state index < -0.39 is 23.6 Å². The molecule has 5 aromatic rings. The summed E-state index contributed by atoms with van der Waals surface area (Å²) in [7, 11) is 1.84. The second-order valence-corrected chi connectivity index (χ2v) is 21.5. The molecule has 1 aliphatic rings. The number of phenols is 1. The summed E-state index contributed by atoms with van der Waals surface area (Å²) in [6.07, 6.45) is 10.0. The van der Waals surface area contributed by atoms with Crippen molar-refractivity contribution in [2.24, 2.45) is 5.41 Å². The summed E-state index contributed by atoms with van der Waals surface area (Å²) < 4.78 is 6.21. The molecule has 5 atom stereocenters. The number of aryl methyl sites for hydroxylation is 1. The number of aromatic hydroxyl groups is 1. The molecule has 6 N–H and O–H groups in total. The maximum atomic E-state index is 14.1. The molecule has 6 rings (SSSR count). The Labute approximate surface area is 435 Å². The van der Waals surface area contributed by atoms with Crippen LogP contribution in [0.2, 0.25) is 0 Å². The Morgan fingerprint density at radius 1 is 0.849 bits per heavy atom. The van der Waals surface area contributed by atoms with E-state index in [9.17, 15) is 29.4 Å². The number of nitrogen functional groups attached to an aromatic ring is 1. The molecule has 1 fully saturated rings. The number of carbonyl (C=O) groups is 4. The number of aliphatic hydroxyl groups excluding tert-OH is 1. The van der Waals surface area contributed by atoms with E-state index in [2.05, 4.69) is 25.8 Å². The van der Waals surface area contributed by atoms with E-state index in [-0.39, 0.29) is 66.7 Å². The zero-order chi connectivity index (χ0) is 52.5. The number of hydrogen-bond donors (Lipinski definition) is 5. The van der Waals surface area contributed by atoms with Crippen molar-refractivity contribution in [1.82, 2.24) is 35.6 Å². The third-order valence-electron chi connectivity index (χ3n) is 13.7. The molecule has 0 radical (unpaired) electrons. The van der Waals surface area contributed by atoms with Crippen LogP contribution in [0.3, 0.4) is 0 Å². The van der Waals surface area contributed by atoms with Gasteiger partial charge in [-0.1, -0.05) is 139 Å². The number of hydrogen-bond acceptors (Lipinski definition) is 12. The molecule has 3 aromatic carbocycles. The second-order valence-electron chi connectivity index (χ2n) is 20.6. The van der Waals surface area contributed by atoms with Crippen LogP contribution in [0.5, 0.6) is 11.5 Å². The number of thiazole rings is 1. The highest BCUT2D eigenvalue weighted by Gasteiger charge is 2.44. The molecular weight excluding hydrogens is 941 g/mol. The normalized spacial score (nSPS) is 15.8. The third-order valence-corrected chi connectivity index (χ3v) is 14.7. The van der Waals surface area contributed by atoms with Crippen molar-refractivity contribution in [2.75, 3.05) is 32.5 Å². The maximum absolute atomic E-state index is 14.1. The largest absolute Gasteiger partial charge is 0.507 e. The van der Waals surface area contributed by atoms with E-state index in [1.54, 1.807) is 46.6 Å². The lowest BCUT2D eigenvalue weighted by molar-refractivity contribution is -0.144. The second kappa shape index (κ2) is 27.1. The number of para-hydroxylation sites is 1. The van der Waals surface area contributed by atoms with Crippen molar-refractivity contribution in [1.29, 1.82) is 0 Å². The number of anilines is 1. The number of ether oxygens (including phenoxy) is 1. The Morgan fingerprint density at radius 3 is 2.11 bits per heavy atom. The number of rotatable bonds is 26. The topological polar surface area (TPSA) is 213 Å². The first-order chi connectivity index (χ1) is 35.0. The van der Waals surface area contributed by atoms with Crippen LogP contribution in [0.25, 0.3) is 21.7 Å². The Bertz CT molecular complexity index is 2570. The number of aromatic nitrogens is 3. The minimum atomic E-state index is -0.859. The Kier molecular flexibility index (Phi) is 20.7. The van der Waals surface area contributed by atoms with Gasteiger partial charge < -0.3 is 41.1 Å². The van der Waals surface area contributed by atoms with Gasteiger partial charge in [-0.05, 0) is 60.9 Å². The number of benzene rings is 3. The summed E-state index contributed by atoms with van der Waals surface area (Å²) in [5, 5.41) is 35.2. The third kappa shape index (κ3) is 16.3. The van der Waals surface area contributed by atoms with Crippen LogP contribution in [0.15, 0.2) is 90.4 Å². The van der Waals surface area contributed by atoms with Crippen molar-refractivity contribution >= 4 is 40.8 Å². The van der Waals surface area contributed by atoms with Crippen molar-refractivity contribution in [2.45, 2.75) is 148 Å². The number of nitrogens with one attached hydrogen (secondary N) is 2. The quantitative estimate of drug-likeness (QED) is 0.0329. The molecule has 1 saturated heterocycles. The molecule has 0 bridgehead atoms. The van der Waals surface area contributed by atoms with Crippen molar-refractivity contribution < 1.29 is 34.1 Å². The van der Waals surface area contributed by atoms with Gasteiger partial charge in [-0.2, -0.15) is 0 Å². The van der Waals surface area contributed by atoms with E-state index in [4.69, 9.17) is 10.5 Å². The zero-order valence-corrected chi connectivity index (χ0v) is 44.3. The molecule has 1 aliphatic heterocycles. The minimum absolute atomic E-state index is 0.0255. The number of nitrogens with zero attached hydrogens (tertiary/aromatic N) is 5. The minimum Gasteiger partial charge on any atom is -0.507 e. The zero-order valence-electron chi connectivity index (χ0n) is 43.5. The first kappa shape index (κ1) is 55.9. The molecule has 392 valence electrons. The average molecular weight is 1020 g/mol. The average Bonchev–Trinajstić information content (AvgIpc) is 4.00. The van der Waals surface area contributed by atoms with E-state index >= 15 is 0 Å². The molecule has 2 aromatic heterocycles. The highest BCUT2D eigenvalue weighted by molar-refractivity contribution is 7.13. The SMILES string of the molecule is Cc1ncsc1-c1ccc([C@H](C)NC(=O)[C@@H]2C[C@@H](O)CN2C(=O)[C@@H](NC(=O)CCCCCCCCCCCCC(=O)N(C)CC(COc2cc(-c3ccccc3O)nnc2N)c2ccccc2)C(C)(C)C)cc1. The number of phenolic OH excluding ortho intramolecular Hbond substituents is 1. The van der Waals surface area contributed by atoms with Crippen LogP contribution in [0.4, 0.5) is 5.82 Å². The van der Waals surface area contributed by atoms with Crippen LogP contribution in [-0.2, 0) is 19.2 Å². The highest BCUT2D eigenvalue weighted by atomic mass is 32.1. The summed E-state index contributed by atoms with van der Waals surface area (Å²) in [6.45, 7) is 10.3. The van der Waals surface area contributed by atoms with E-state index in [1.165, 1.54) is 4.90 Å². The van der Waals surface area contributed by atoms with E-state index in [0.717, 1.165) is 85.0 Å². The van der Waals surface area contributed by atoms with Crippen molar-refractivity contribution in [3.05, 3.63) is 107 Å². The fourth-order valence-electron chi connectivity index (χ4n) is 9.34. The summed E-state index contributed by atoms with van der Waals surface area (Å²) in [5.74, 6) is -0.346. The fourth-order valence-corrected chi connectivity index (χ4v) is 10.2. The number of nitrogens with two attached hydrogens (primary N) is 1. The van der Waals surface area contributed by atoms with Gasteiger partial charge in [0, 0.05) is 56.9 Å². The van der Waals surface area contributed by atoms with Gasteiger partial charge in [0.05, 0.1) is 34.8 Å². The van der Waals surface area contributed by atoms with Crippen molar-refractivity contribution in [3.8, 4) is 33.2 Å². The first-order valence-electron chi connectivity index (χ1n) is 25.9. The smallest absolute Gasteiger partial charge is 0.246 e. The lowest BCUT2D eigenvalue weighted by atomic mass is 9.85. The van der Waals surface area contributed by atoms with Gasteiger partial charge in [0.1, 0.15) is 23.5 Å². The van der Waals surface area contributed by atoms with Gasteiger partial charge in [0.25, 0.3) is 0 Å². The van der Waals surface area contributed by atoms with Crippen LogP contribution in [-0.4, -0.2) is 104 Å². The number of unbranched alkanes of at least 4 members (excludes halogenated alkanes) is 9. The number of likely N-dealkylation sites (N-methyl/N-ethyl adjacent to an activating group) is 1. The lowest BCUT2D eigenvalue weighted by Crippen LogP contribution is -2.57. The molecule has 0 aliphatic carbocycles. The summed E-state index contributed by atoms with van der Waals surface area (Å²) in [5.41, 5.74) is 12.3. The number of amides is 4. The van der Waals surface area contributed by atoms with Gasteiger partial charge in [0.2, 0.25) is 23.6 Å². The van der Waals surface area contributed by atoms with Crippen LogP contribution in [0, 0.1) is 12.3 Å². The molecule has 4 amide bonds. The Balaban J connectivity index is 0.844. The molecule has 0 spiro atoms. The summed E-state index contributed by atoms with van der Waals surface area (Å²) >= 11 is 1.58. The molecule has 15 nitrogen and oxygen atoms in total. The first-order valence-corrected chi connectivity index (χ1v) is 26.8. The molecule has 0 saturated carbocycles. The van der Waals surface area contributed by atoms with Gasteiger partial charge in [-0.25, -0.2) is 4.98 Å². The predicted molar refractivity (Wildman–Crippen MR) is 288 cm³/mol. The Morgan fingerprint density at radius 2 is 1.48 bits per heavy atom. The summed E-state index contributed by atoms with van der Waals surface area (Å²) in [6, 6.07) is 24.5. The van der Waals surface area contributed by atoms with Crippen LogP contribution < -0.4 is 21.1 Å². The lowest BCUT2D eigenvalue weighted by Gasteiger charge is -2.35. The van der Waals surface area contributed by atoms with Gasteiger partial charge in [-0.15, -0.1) is 21.5 Å². The molecule has 16 heteroatoms.